The summed E-state index contributed by atoms with van der Waals surface area (Å²) >= 11 is 0. The van der Waals surface area contributed by atoms with Gasteiger partial charge in [0.2, 0.25) is 5.91 Å². The Labute approximate surface area is 180 Å². The molecule has 0 radical (unpaired) electrons. The van der Waals surface area contributed by atoms with Crippen LogP contribution >= 0.6 is 0 Å². The molecule has 31 heavy (non-hydrogen) atoms. The Kier molecular flexibility index (Phi) is 3.84. The zero-order chi connectivity index (χ0) is 21.3. The van der Waals surface area contributed by atoms with Gasteiger partial charge in [0, 0.05) is 43.4 Å². The highest BCUT2D eigenvalue weighted by Gasteiger charge is 2.38. The van der Waals surface area contributed by atoms with Crippen LogP contribution in [-0.4, -0.2) is 41.9 Å². The lowest BCUT2D eigenvalue weighted by atomic mass is 10.0. The average Bonchev–Trinajstić information content (AvgIpc) is 3.42. The second-order valence-electron chi connectivity index (χ2n) is 8.80. The molecule has 1 fully saturated rings. The molecule has 4 heterocycles. The fraction of sp³-hybridized carbons (Fsp3) is 0.333. The van der Waals surface area contributed by atoms with Gasteiger partial charge in [0.1, 0.15) is 17.6 Å². The number of carbonyl (C=O) groups excluding carboxylic acids is 1. The monoisotopic (exact) mass is 412 g/mol. The maximum Gasteiger partial charge on any atom is 0.245 e. The van der Waals surface area contributed by atoms with Gasteiger partial charge in [-0.15, -0.1) is 0 Å². The van der Waals surface area contributed by atoms with Crippen LogP contribution in [0.3, 0.4) is 0 Å². The van der Waals surface area contributed by atoms with Gasteiger partial charge in [-0.2, -0.15) is 0 Å². The van der Waals surface area contributed by atoms with Crippen molar-refractivity contribution in [1.82, 2.24) is 29.0 Å². The van der Waals surface area contributed by atoms with Gasteiger partial charge >= 0.3 is 0 Å². The Morgan fingerprint density at radius 3 is 2.68 bits per heavy atom. The third kappa shape index (κ3) is 2.80. The lowest BCUT2D eigenvalue weighted by molar-refractivity contribution is -0.135. The summed E-state index contributed by atoms with van der Waals surface area (Å²) in [6, 6.07) is 8.17. The van der Waals surface area contributed by atoms with E-state index < -0.39 is 0 Å². The highest BCUT2D eigenvalue weighted by atomic mass is 16.2. The van der Waals surface area contributed by atoms with E-state index in [1.165, 1.54) is 0 Å². The molecule has 0 bridgehead atoms. The maximum absolute atomic E-state index is 12.7. The Morgan fingerprint density at radius 1 is 1.10 bits per heavy atom. The van der Waals surface area contributed by atoms with Gasteiger partial charge in [0.05, 0.1) is 30.0 Å². The van der Waals surface area contributed by atoms with Crippen LogP contribution in [0.25, 0.3) is 33.4 Å². The minimum Gasteiger partial charge on any atom is -0.340 e. The van der Waals surface area contributed by atoms with E-state index in [-0.39, 0.29) is 11.9 Å². The molecular weight excluding hydrogens is 388 g/mol. The third-order valence-electron chi connectivity index (χ3n) is 6.47. The summed E-state index contributed by atoms with van der Waals surface area (Å²) in [6.07, 6.45) is 7.99. The molecule has 1 saturated carbocycles. The molecule has 1 aliphatic carbocycles. The van der Waals surface area contributed by atoms with Gasteiger partial charge in [-0.3, -0.25) is 9.78 Å². The summed E-state index contributed by atoms with van der Waals surface area (Å²) in [5.74, 6) is 1.68. The molecule has 1 aromatic carbocycles. The Morgan fingerprint density at radius 2 is 1.94 bits per heavy atom. The topological polar surface area (TPSA) is 68.8 Å². The number of rotatable bonds is 3. The quantitative estimate of drug-likeness (QED) is 0.512. The second-order valence-corrected chi connectivity index (χ2v) is 8.80. The number of amides is 1. The highest BCUT2D eigenvalue weighted by Crippen LogP contribution is 2.45. The first-order valence-corrected chi connectivity index (χ1v) is 10.7. The van der Waals surface area contributed by atoms with Crippen molar-refractivity contribution in [3.63, 3.8) is 0 Å². The van der Waals surface area contributed by atoms with Crippen molar-refractivity contribution in [3.8, 4) is 22.6 Å². The first-order valence-electron chi connectivity index (χ1n) is 10.7. The summed E-state index contributed by atoms with van der Waals surface area (Å²) in [5.41, 5.74) is 4.89. The number of benzene rings is 1. The van der Waals surface area contributed by atoms with Crippen molar-refractivity contribution in [2.45, 2.75) is 38.3 Å². The molecule has 0 spiro atoms. The summed E-state index contributed by atoms with van der Waals surface area (Å²) in [6.45, 7) is 2.57. The van der Waals surface area contributed by atoms with E-state index in [4.69, 9.17) is 9.97 Å². The smallest absolute Gasteiger partial charge is 0.245 e. The van der Waals surface area contributed by atoms with Crippen molar-refractivity contribution in [2.24, 2.45) is 7.05 Å². The molecule has 0 saturated heterocycles. The Balaban J connectivity index is 1.53. The molecule has 4 aromatic rings. The lowest BCUT2D eigenvalue weighted by Crippen LogP contribution is -2.39. The van der Waals surface area contributed by atoms with Crippen molar-refractivity contribution in [1.29, 1.82) is 0 Å². The molecule has 7 heteroatoms. The number of likely N-dealkylation sites (N-methyl/N-ethyl adjacent to an activating group) is 1. The molecule has 2 aliphatic rings. The van der Waals surface area contributed by atoms with Crippen LogP contribution in [-0.2, 0) is 18.4 Å². The van der Waals surface area contributed by atoms with Gasteiger partial charge in [0.25, 0.3) is 0 Å². The van der Waals surface area contributed by atoms with Crippen molar-refractivity contribution >= 4 is 16.7 Å². The fourth-order valence-electron chi connectivity index (χ4n) is 4.71. The van der Waals surface area contributed by atoms with Crippen LogP contribution in [0, 0.1) is 0 Å². The number of nitrogens with zero attached hydrogens (tertiary/aromatic N) is 6. The summed E-state index contributed by atoms with van der Waals surface area (Å²) in [4.78, 5) is 28.7. The highest BCUT2D eigenvalue weighted by molar-refractivity contribution is 5.97. The van der Waals surface area contributed by atoms with Crippen LogP contribution in [0.5, 0.6) is 0 Å². The first kappa shape index (κ1) is 18.3. The summed E-state index contributed by atoms with van der Waals surface area (Å²) < 4.78 is 4.12. The molecule has 0 N–H and O–H groups in total. The van der Waals surface area contributed by atoms with Crippen LogP contribution in [0.1, 0.15) is 43.2 Å². The molecule has 3 aromatic heterocycles. The standard InChI is InChI=1S/C24H24N6O/c1-14-24(31)29(3)12-21-22(27-23(30(14)21)15-7-8-15)17-6-4-5-16-9-19(25-10-18(16)17)20-11-28(2)13-26-20/h4-6,9-11,13-15H,7-8,12H2,1-3H3/t14-/m1/s1. The zero-order valence-electron chi connectivity index (χ0n) is 17.9. The van der Waals surface area contributed by atoms with Gasteiger partial charge in [-0.25, -0.2) is 9.97 Å². The SMILES string of the molecule is C[C@@H]1C(=O)N(C)Cc2c(-c3cccc4cc(-c5cn(C)cn5)ncc34)nc(C3CC3)n21. The van der Waals surface area contributed by atoms with E-state index in [9.17, 15) is 4.79 Å². The van der Waals surface area contributed by atoms with E-state index in [0.29, 0.717) is 12.5 Å². The maximum atomic E-state index is 12.7. The predicted molar refractivity (Wildman–Crippen MR) is 118 cm³/mol. The zero-order valence-corrected chi connectivity index (χ0v) is 17.9. The number of imidazole rings is 2. The van der Waals surface area contributed by atoms with Crippen LogP contribution in [0.2, 0.25) is 0 Å². The Bertz CT molecular complexity index is 1350. The van der Waals surface area contributed by atoms with E-state index in [1.54, 1.807) is 6.33 Å². The van der Waals surface area contributed by atoms with Gasteiger partial charge in [0.15, 0.2) is 0 Å². The Hall–Kier alpha value is -3.48. The second kappa shape index (κ2) is 6.51. The van der Waals surface area contributed by atoms with Crippen LogP contribution in [0.15, 0.2) is 43.0 Å². The molecule has 156 valence electrons. The number of carbonyl (C=O) groups is 1. The number of hydrogen-bond donors (Lipinski definition) is 0. The molecule has 1 amide bonds. The molecular formula is C24H24N6O. The van der Waals surface area contributed by atoms with Crippen molar-refractivity contribution in [3.05, 3.63) is 54.5 Å². The van der Waals surface area contributed by atoms with Gasteiger partial charge in [-0.05, 0) is 31.2 Å². The van der Waals surface area contributed by atoms with Crippen LogP contribution in [0.4, 0.5) is 0 Å². The normalized spacial score (nSPS) is 18.6. The fourth-order valence-corrected chi connectivity index (χ4v) is 4.71. The number of pyridine rings is 1. The van der Waals surface area contributed by atoms with E-state index >= 15 is 0 Å². The van der Waals surface area contributed by atoms with Crippen molar-refractivity contribution in [2.75, 3.05) is 7.05 Å². The molecule has 7 nitrogen and oxygen atoms in total. The summed E-state index contributed by atoms with van der Waals surface area (Å²) in [7, 11) is 3.83. The number of aromatic nitrogens is 5. The number of aryl methyl sites for hydroxylation is 1. The predicted octanol–water partition coefficient (Wildman–Crippen LogP) is 3.91. The van der Waals surface area contributed by atoms with Crippen molar-refractivity contribution < 1.29 is 4.79 Å². The average molecular weight is 412 g/mol. The molecule has 6 rings (SSSR count). The molecule has 0 unspecified atom stereocenters. The van der Waals surface area contributed by atoms with Gasteiger partial charge in [-0.1, -0.05) is 18.2 Å². The first-order chi connectivity index (χ1) is 15.0. The number of fused-ring (bicyclic) bond motifs is 2. The molecule has 1 atom stereocenters. The van der Waals surface area contributed by atoms with E-state index in [2.05, 4.69) is 33.8 Å². The lowest BCUT2D eigenvalue weighted by Gasteiger charge is -2.31. The summed E-state index contributed by atoms with van der Waals surface area (Å²) in [5, 5.41) is 2.17. The van der Waals surface area contributed by atoms with E-state index in [0.717, 1.165) is 57.8 Å². The number of hydrogen-bond acceptors (Lipinski definition) is 4. The van der Waals surface area contributed by atoms with E-state index in [1.807, 2.05) is 42.9 Å². The third-order valence-corrected chi connectivity index (χ3v) is 6.47. The minimum absolute atomic E-state index is 0.151. The largest absolute Gasteiger partial charge is 0.340 e. The van der Waals surface area contributed by atoms with Gasteiger partial charge < -0.3 is 14.0 Å². The minimum atomic E-state index is -0.213. The van der Waals surface area contributed by atoms with Crippen LogP contribution < -0.4 is 0 Å². The molecule has 1 aliphatic heterocycles.